The maximum Gasteiger partial charge on any atom is 0.129 e. The van der Waals surface area contributed by atoms with E-state index in [-0.39, 0.29) is 0 Å². The summed E-state index contributed by atoms with van der Waals surface area (Å²) >= 11 is 0. The molecule has 0 bridgehead atoms. The van der Waals surface area contributed by atoms with Gasteiger partial charge in [0.15, 0.2) is 0 Å². The van der Waals surface area contributed by atoms with E-state index in [9.17, 15) is 4.79 Å². The van der Waals surface area contributed by atoms with E-state index in [1.807, 2.05) is 0 Å². The Morgan fingerprint density at radius 1 is 1.50 bits per heavy atom. The van der Waals surface area contributed by atoms with Crippen molar-refractivity contribution in [3.63, 3.8) is 0 Å². The molecule has 1 saturated heterocycles. The summed E-state index contributed by atoms with van der Waals surface area (Å²) in [7, 11) is 2.17. The van der Waals surface area contributed by atoms with Gasteiger partial charge in [-0.05, 0) is 52.9 Å². The van der Waals surface area contributed by atoms with Gasteiger partial charge in [0.05, 0.1) is 0 Å². The molecule has 0 aromatic rings. The first kappa shape index (κ1) is 13.7. The van der Waals surface area contributed by atoms with Crippen LogP contribution in [-0.4, -0.2) is 54.9 Å². The minimum Gasteiger partial charge on any atom is -0.305 e. The van der Waals surface area contributed by atoms with Gasteiger partial charge in [0.2, 0.25) is 0 Å². The van der Waals surface area contributed by atoms with Crippen molar-refractivity contribution in [2.24, 2.45) is 0 Å². The van der Waals surface area contributed by atoms with Crippen molar-refractivity contribution in [2.75, 3.05) is 33.2 Å². The van der Waals surface area contributed by atoms with Crippen molar-refractivity contribution < 1.29 is 4.79 Å². The Kier molecular flexibility index (Phi) is 5.99. The minimum atomic E-state index is 0.310. The van der Waals surface area contributed by atoms with E-state index in [0.717, 1.165) is 32.0 Å². The van der Waals surface area contributed by atoms with Crippen molar-refractivity contribution in [3.8, 4) is 0 Å². The Labute approximate surface area is 99.8 Å². The standard InChI is InChI=1S/C13H26N2O/c1-4-15-10-6-8-13(15)11-14(3)9-5-7-12(2)16/h13H,4-11H2,1-3H3. The highest BCUT2D eigenvalue weighted by atomic mass is 16.1. The number of rotatable bonds is 7. The lowest BCUT2D eigenvalue weighted by Gasteiger charge is -2.27. The van der Waals surface area contributed by atoms with Gasteiger partial charge >= 0.3 is 0 Å². The Morgan fingerprint density at radius 2 is 2.25 bits per heavy atom. The minimum absolute atomic E-state index is 0.310. The smallest absolute Gasteiger partial charge is 0.129 e. The first-order chi connectivity index (χ1) is 7.63. The Morgan fingerprint density at radius 3 is 2.88 bits per heavy atom. The molecule has 1 heterocycles. The molecule has 3 heteroatoms. The summed E-state index contributed by atoms with van der Waals surface area (Å²) in [5.74, 6) is 0.310. The van der Waals surface area contributed by atoms with Crippen LogP contribution in [0.2, 0.25) is 0 Å². The van der Waals surface area contributed by atoms with Crippen LogP contribution in [0.15, 0.2) is 0 Å². The van der Waals surface area contributed by atoms with Crippen molar-refractivity contribution in [1.82, 2.24) is 9.80 Å². The van der Waals surface area contributed by atoms with Crippen LogP contribution in [-0.2, 0) is 4.79 Å². The molecule has 0 aromatic carbocycles. The molecule has 1 fully saturated rings. The molecule has 0 spiro atoms. The SMILES string of the molecule is CCN1CCCC1CN(C)CCCC(C)=O. The van der Waals surface area contributed by atoms with Crippen molar-refractivity contribution in [3.05, 3.63) is 0 Å². The van der Waals surface area contributed by atoms with E-state index in [1.165, 1.54) is 25.9 Å². The number of hydrogen-bond acceptors (Lipinski definition) is 3. The second-order valence-corrected chi connectivity index (χ2v) is 4.99. The van der Waals surface area contributed by atoms with Gasteiger partial charge in [-0.25, -0.2) is 0 Å². The van der Waals surface area contributed by atoms with Gasteiger partial charge in [-0.3, -0.25) is 4.90 Å². The molecule has 1 rings (SSSR count). The zero-order chi connectivity index (χ0) is 12.0. The molecule has 0 radical (unpaired) electrons. The summed E-state index contributed by atoms with van der Waals surface area (Å²) < 4.78 is 0. The van der Waals surface area contributed by atoms with Crippen LogP contribution in [0.4, 0.5) is 0 Å². The fourth-order valence-corrected chi connectivity index (χ4v) is 2.57. The van der Waals surface area contributed by atoms with Crippen LogP contribution < -0.4 is 0 Å². The summed E-state index contributed by atoms with van der Waals surface area (Å²) in [5.41, 5.74) is 0. The molecule has 3 nitrogen and oxygen atoms in total. The van der Waals surface area contributed by atoms with Crippen LogP contribution in [0.5, 0.6) is 0 Å². The molecule has 0 amide bonds. The quantitative estimate of drug-likeness (QED) is 0.661. The zero-order valence-corrected chi connectivity index (χ0v) is 11.0. The average Bonchev–Trinajstić information content (AvgIpc) is 2.64. The molecule has 1 unspecified atom stereocenters. The normalized spacial score (nSPS) is 21.9. The first-order valence-electron chi connectivity index (χ1n) is 6.55. The van der Waals surface area contributed by atoms with Gasteiger partial charge in [-0.2, -0.15) is 0 Å². The number of hydrogen-bond donors (Lipinski definition) is 0. The zero-order valence-electron chi connectivity index (χ0n) is 11.0. The Bertz CT molecular complexity index is 218. The lowest BCUT2D eigenvalue weighted by atomic mass is 10.2. The molecule has 1 aliphatic rings. The van der Waals surface area contributed by atoms with Crippen LogP contribution >= 0.6 is 0 Å². The maximum absolute atomic E-state index is 10.8. The van der Waals surface area contributed by atoms with E-state index in [0.29, 0.717) is 5.78 Å². The third-order valence-electron chi connectivity index (χ3n) is 3.50. The van der Waals surface area contributed by atoms with Crippen LogP contribution in [0.1, 0.15) is 39.5 Å². The van der Waals surface area contributed by atoms with Crippen LogP contribution in [0, 0.1) is 0 Å². The van der Waals surface area contributed by atoms with Gasteiger partial charge in [-0.15, -0.1) is 0 Å². The largest absolute Gasteiger partial charge is 0.305 e. The third-order valence-corrected chi connectivity index (χ3v) is 3.50. The van der Waals surface area contributed by atoms with E-state index < -0.39 is 0 Å². The number of carbonyl (C=O) groups excluding carboxylic acids is 1. The molecule has 0 N–H and O–H groups in total. The number of carbonyl (C=O) groups is 1. The summed E-state index contributed by atoms with van der Waals surface area (Å²) in [6.07, 6.45) is 4.42. The van der Waals surface area contributed by atoms with Crippen LogP contribution in [0.25, 0.3) is 0 Å². The summed E-state index contributed by atoms with van der Waals surface area (Å²) in [6.45, 7) is 8.57. The van der Waals surface area contributed by atoms with E-state index in [2.05, 4.69) is 23.8 Å². The van der Waals surface area contributed by atoms with Gasteiger partial charge in [0, 0.05) is 19.0 Å². The molecule has 0 aromatic heterocycles. The molecular weight excluding hydrogens is 200 g/mol. The molecule has 94 valence electrons. The molecular formula is C13H26N2O. The summed E-state index contributed by atoms with van der Waals surface area (Å²) in [4.78, 5) is 15.8. The van der Waals surface area contributed by atoms with Crippen molar-refractivity contribution >= 4 is 5.78 Å². The first-order valence-corrected chi connectivity index (χ1v) is 6.55. The Balaban J connectivity index is 2.17. The molecule has 1 aliphatic heterocycles. The number of likely N-dealkylation sites (N-methyl/N-ethyl adjacent to an activating group) is 2. The molecule has 0 aliphatic carbocycles. The third kappa shape index (κ3) is 4.62. The van der Waals surface area contributed by atoms with Gasteiger partial charge < -0.3 is 9.69 Å². The average molecular weight is 226 g/mol. The highest BCUT2D eigenvalue weighted by molar-refractivity contribution is 5.75. The second kappa shape index (κ2) is 7.02. The monoisotopic (exact) mass is 226 g/mol. The van der Waals surface area contributed by atoms with Gasteiger partial charge in [-0.1, -0.05) is 6.92 Å². The van der Waals surface area contributed by atoms with E-state index in [4.69, 9.17) is 0 Å². The maximum atomic E-state index is 10.8. The molecule has 1 atom stereocenters. The Hall–Kier alpha value is -0.410. The highest BCUT2D eigenvalue weighted by Gasteiger charge is 2.23. The van der Waals surface area contributed by atoms with Crippen LogP contribution in [0.3, 0.4) is 0 Å². The lowest BCUT2D eigenvalue weighted by molar-refractivity contribution is -0.117. The number of nitrogens with zero attached hydrogens (tertiary/aromatic N) is 2. The van der Waals surface area contributed by atoms with E-state index >= 15 is 0 Å². The fraction of sp³-hybridized carbons (Fsp3) is 0.923. The lowest BCUT2D eigenvalue weighted by Crippen LogP contribution is -2.39. The van der Waals surface area contributed by atoms with Crippen molar-refractivity contribution in [2.45, 2.75) is 45.6 Å². The number of ketones is 1. The highest BCUT2D eigenvalue weighted by Crippen LogP contribution is 2.17. The van der Waals surface area contributed by atoms with Gasteiger partial charge in [0.25, 0.3) is 0 Å². The molecule has 0 saturated carbocycles. The fourth-order valence-electron chi connectivity index (χ4n) is 2.57. The number of Topliss-reactive ketones (excluding diaryl/α,β-unsaturated/α-hetero) is 1. The van der Waals surface area contributed by atoms with Crippen molar-refractivity contribution in [1.29, 1.82) is 0 Å². The van der Waals surface area contributed by atoms with E-state index in [1.54, 1.807) is 6.92 Å². The second-order valence-electron chi connectivity index (χ2n) is 4.99. The predicted molar refractivity (Wildman–Crippen MR) is 67.7 cm³/mol. The summed E-state index contributed by atoms with van der Waals surface area (Å²) in [6, 6.07) is 0.743. The summed E-state index contributed by atoms with van der Waals surface area (Å²) in [5, 5.41) is 0. The topological polar surface area (TPSA) is 23.6 Å². The molecule has 16 heavy (non-hydrogen) atoms. The predicted octanol–water partition coefficient (Wildman–Crippen LogP) is 1.77. The van der Waals surface area contributed by atoms with Gasteiger partial charge in [0.1, 0.15) is 5.78 Å². The number of likely N-dealkylation sites (tertiary alicyclic amines) is 1.